The zero-order chi connectivity index (χ0) is 15.5. The maximum atomic E-state index is 12.4. The number of anilines is 1. The molecule has 0 bridgehead atoms. The number of nitrogens with one attached hydrogen (secondary N) is 1. The molecule has 0 heterocycles. The summed E-state index contributed by atoms with van der Waals surface area (Å²) in [5.74, 6) is 0.00964. The molecule has 4 nitrogen and oxygen atoms in total. The van der Waals surface area contributed by atoms with Gasteiger partial charge in [0.2, 0.25) is 5.91 Å². The maximum absolute atomic E-state index is 12.4. The number of ether oxygens (including phenoxy) is 2. The second kappa shape index (κ2) is 6.28. The number of carbonyl (C=O) groups is 1. The van der Waals surface area contributed by atoms with E-state index in [4.69, 9.17) is 4.74 Å². The van der Waals surface area contributed by atoms with Gasteiger partial charge in [0.1, 0.15) is 0 Å². The number of alkyl halides is 2. The Labute approximate surface area is 122 Å². The largest absolute Gasteiger partial charge is 0.493 e. The summed E-state index contributed by atoms with van der Waals surface area (Å²) in [4.78, 5) is 12.3. The van der Waals surface area contributed by atoms with Crippen molar-refractivity contribution in [1.82, 2.24) is 0 Å². The van der Waals surface area contributed by atoms with E-state index in [0.717, 1.165) is 25.7 Å². The molecule has 0 atom stereocenters. The fourth-order valence-corrected chi connectivity index (χ4v) is 2.61. The first-order valence-corrected chi connectivity index (χ1v) is 6.89. The molecule has 1 fully saturated rings. The van der Waals surface area contributed by atoms with E-state index in [1.807, 2.05) is 6.92 Å². The predicted molar refractivity (Wildman–Crippen MR) is 74.8 cm³/mol. The normalized spacial score (nSPS) is 16.8. The first kappa shape index (κ1) is 15.5. The van der Waals surface area contributed by atoms with Gasteiger partial charge >= 0.3 is 6.61 Å². The Hall–Kier alpha value is -1.85. The molecule has 1 aromatic carbocycles. The highest BCUT2D eigenvalue weighted by molar-refractivity contribution is 5.95. The van der Waals surface area contributed by atoms with Crippen LogP contribution in [-0.2, 0) is 4.79 Å². The topological polar surface area (TPSA) is 47.6 Å². The Morgan fingerprint density at radius 3 is 2.52 bits per heavy atom. The third kappa shape index (κ3) is 3.62. The van der Waals surface area contributed by atoms with Gasteiger partial charge in [0.05, 0.1) is 7.11 Å². The van der Waals surface area contributed by atoms with E-state index in [0.29, 0.717) is 5.69 Å². The van der Waals surface area contributed by atoms with Crippen LogP contribution in [0.3, 0.4) is 0 Å². The van der Waals surface area contributed by atoms with E-state index in [9.17, 15) is 13.6 Å². The van der Waals surface area contributed by atoms with Crippen LogP contribution in [0.15, 0.2) is 18.2 Å². The lowest BCUT2D eigenvalue weighted by Crippen LogP contribution is -2.30. The van der Waals surface area contributed by atoms with Gasteiger partial charge in [-0.2, -0.15) is 8.78 Å². The molecule has 1 saturated carbocycles. The van der Waals surface area contributed by atoms with Crippen LogP contribution >= 0.6 is 0 Å². The van der Waals surface area contributed by atoms with Crippen molar-refractivity contribution in [2.75, 3.05) is 12.4 Å². The molecule has 0 unspecified atom stereocenters. The fraction of sp³-hybridized carbons (Fsp3) is 0.533. The van der Waals surface area contributed by atoms with Gasteiger partial charge in [0.15, 0.2) is 11.5 Å². The smallest absolute Gasteiger partial charge is 0.387 e. The lowest BCUT2D eigenvalue weighted by atomic mass is 9.88. The predicted octanol–water partition coefficient (Wildman–Crippen LogP) is 3.82. The minimum Gasteiger partial charge on any atom is -0.493 e. The van der Waals surface area contributed by atoms with Crippen LogP contribution in [0.5, 0.6) is 11.5 Å². The van der Waals surface area contributed by atoms with Crippen LogP contribution < -0.4 is 14.8 Å². The summed E-state index contributed by atoms with van der Waals surface area (Å²) in [6.07, 6.45) is 3.75. The van der Waals surface area contributed by atoms with Crippen LogP contribution in [0, 0.1) is 5.41 Å². The third-order valence-corrected chi connectivity index (χ3v) is 3.89. The molecule has 1 amide bonds. The van der Waals surface area contributed by atoms with Crippen molar-refractivity contribution in [3.63, 3.8) is 0 Å². The van der Waals surface area contributed by atoms with Crippen LogP contribution in [0.4, 0.5) is 14.5 Å². The van der Waals surface area contributed by atoms with Crippen LogP contribution in [-0.4, -0.2) is 19.6 Å². The summed E-state index contributed by atoms with van der Waals surface area (Å²) in [7, 11) is 1.37. The van der Waals surface area contributed by atoms with E-state index < -0.39 is 6.61 Å². The van der Waals surface area contributed by atoms with Gasteiger partial charge in [0, 0.05) is 17.2 Å². The minimum atomic E-state index is -2.95. The van der Waals surface area contributed by atoms with E-state index >= 15 is 0 Å². The third-order valence-electron chi connectivity index (χ3n) is 3.89. The molecule has 1 aliphatic carbocycles. The van der Waals surface area contributed by atoms with Crippen molar-refractivity contribution in [3.05, 3.63) is 18.2 Å². The number of hydrogen-bond acceptors (Lipinski definition) is 3. The molecule has 1 N–H and O–H groups in total. The molecule has 1 aromatic rings. The molecule has 0 saturated heterocycles. The Bertz CT molecular complexity index is 514. The summed E-state index contributed by atoms with van der Waals surface area (Å²) in [6, 6.07) is 4.44. The van der Waals surface area contributed by atoms with Gasteiger partial charge in [-0.1, -0.05) is 19.8 Å². The Kier molecular flexibility index (Phi) is 4.65. The van der Waals surface area contributed by atoms with Crippen molar-refractivity contribution in [1.29, 1.82) is 0 Å². The summed E-state index contributed by atoms with van der Waals surface area (Å²) in [5, 5.41) is 2.77. The highest BCUT2D eigenvalue weighted by atomic mass is 19.3. The summed E-state index contributed by atoms with van der Waals surface area (Å²) in [6.45, 7) is -1.02. The minimum absolute atomic E-state index is 0.0897. The second-order valence-electron chi connectivity index (χ2n) is 5.47. The SMILES string of the molecule is COc1ccc(NC(=O)C2(C)CCCC2)cc1OC(F)F. The maximum Gasteiger partial charge on any atom is 0.387 e. The van der Waals surface area contributed by atoms with Crippen molar-refractivity contribution >= 4 is 11.6 Å². The number of amides is 1. The molecule has 0 spiro atoms. The Balaban J connectivity index is 2.14. The van der Waals surface area contributed by atoms with Crippen LogP contribution in [0.25, 0.3) is 0 Å². The number of rotatable bonds is 5. The van der Waals surface area contributed by atoms with E-state index in [1.54, 1.807) is 6.07 Å². The fourth-order valence-electron chi connectivity index (χ4n) is 2.61. The lowest BCUT2D eigenvalue weighted by Gasteiger charge is -2.22. The highest BCUT2D eigenvalue weighted by Gasteiger charge is 2.36. The van der Waals surface area contributed by atoms with Crippen molar-refractivity contribution in [2.45, 2.75) is 39.2 Å². The van der Waals surface area contributed by atoms with Crippen molar-refractivity contribution < 1.29 is 23.0 Å². The number of benzene rings is 1. The molecular formula is C15H19F2NO3. The van der Waals surface area contributed by atoms with Crippen molar-refractivity contribution in [2.24, 2.45) is 5.41 Å². The monoisotopic (exact) mass is 299 g/mol. The second-order valence-corrected chi connectivity index (χ2v) is 5.47. The Morgan fingerprint density at radius 2 is 1.95 bits per heavy atom. The molecule has 21 heavy (non-hydrogen) atoms. The average molecular weight is 299 g/mol. The van der Waals surface area contributed by atoms with Gasteiger partial charge in [-0.05, 0) is 25.0 Å². The van der Waals surface area contributed by atoms with E-state index in [2.05, 4.69) is 10.1 Å². The molecule has 0 radical (unpaired) electrons. The van der Waals surface area contributed by atoms with E-state index in [1.165, 1.54) is 19.2 Å². The van der Waals surface area contributed by atoms with Crippen LogP contribution in [0.1, 0.15) is 32.6 Å². The van der Waals surface area contributed by atoms with Gasteiger partial charge < -0.3 is 14.8 Å². The quantitative estimate of drug-likeness (QED) is 0.899. The average Bonchev–Trinajstić information content (AvgIpc) is 2.87. The van der Waals surface area contributed by atoms with Gasteiger partial charge in [-0.15, -0.1) is 0 Å². The van der Waals surface area contributed by atoms with Crippen molar-refractivity contribution in [3.8, 4) is 11.5 Å². The first-order valence-electron chi connectivity index (χ1n) is 6.89. The molecule has 116 valence electrons. The number of methoxy groups -OCH3 is 1. The standard InChI is InChI=1S/C15H19F2NO3/c1-15(7-3-4-8-15)13(19)18-10-5-6-11(20-2)12(9-10)21-14(16)17/h5-6,9,14H,3-4,7-8H2,1-2H3,(H,18,19). The molecule has 2 rings (SSSR count). The molecule has 6 heteroatoms. The first-order chi connectivity index (χ1) is 9.94. The van der Waals surface area contributed by atoms with Gasteiger partial charge in [-0.25, -0.2) is 0 Å². The zero-order valence-electron chi connectivity index (χ0n) is 12.1. The van der Waals surface area contributed by atoms with Gasteiger partial charge in [0.25, 0.3) is 0 Å². The summed E-state index contributed by atoms with van der Waals surface area (Å²) >= 11 is 0. The number of halogens is 2. The molecule has 1 aliphatic rings. The summed E-state index contributed by atoms with van der Waals surface area (Å²) in [5.41, 5.74) is 0.0356. The Morgan fingerprint density at radius 1 is 1.29 bits per heavy atom. The highest BCUT2D eigenvalue weighted by Crippen LogP contribution is 2.39. The zero-order valence-corrected chi connectivity index (χ0v) is 12.1. The lowest BCUT2D eigenvalue weighted by molar-refractivity contribution is -0.124. The summed E-state index contributed by atoms with van der Waals surface area (Å²) < 4.78 is 34.1. The van der Waals surface area contributed by atoms with E-state index in [-0.39, 0.29) is 22.8 Å². The van der Waals surface area contributed by atoms with Crippen LogP contribution in [0.2, 0.25) is 0 Å². The number of carbonyl (C=O) groups excluding carboxylic acids is 1. The van der Waals surface area contributed by atoms with Gasteiger partial charge in [-0.3, -0.25) is 4.79 Å². The molecule has 0 aliphatic heterocycles. The molecule has 0 aromatic heterocycles. The number of hydrogen-bond donors (Lipinski definition) is 1. The molecular weight excluding hydrogens is 280 g/mol.